The quantitative estimate of drug-likeness (QED) is 0.379. The minimum atomic E-state index is -4.81. The highest BCUT2D eigenvalue weighted by Crippen LogP contribution is 2.41. The Morgan fingerprint density at radius 3 is 2.26 bits per heavy atom. The fourth-order valence-corrected chi connectivity index (χ4v) is 6.39. The molecule has 0 radical (unpaired) electrons. The van der Waals surface area contributed by atoms with Gasteiger partial charge in [0.1, 0.15) is 0 Å². The van der Waals surface area contributed by atoms with E-state index in [1.54, 1.807) is 0 Å². The zero-order valence-corrected chi connectivity index (χ0v) is 22.6. The van der Waals surface area contributed by atoms with Crippen molar-refractivity contribution >= 4 is 35.1 Å². The van der Waals surface area contributed by atoms with Crippen molar-refractivity contribution in [1.29, 1.82) is 0 Å². The van der Waals surface area contributed by atoms with Gasteiger partial charge in [-0.1, -0.05) is 43.0 Å². The number of carbonyl (C=O) groups is 2. The van der Waals surface area contributed by atoms with E-state index in [0.717, 1.165) is 36.6 Å². The van der Waals surface area contributed by atoms with Gasteiger partial charge in [-0.3, -0.25) is 19.3 Å². The molecule has 2 aromatic rings. The van der Waals surface area contributed by atoms with E-state index in [1.807, 2.05) is 0 Å². The van der Waals surface area contributed by atoms with Crippen LogP contribution < -0.4 is 0 Å². The fourth-order valence-electron chi connectivity index (χ4n) is 5.84. The Bertz CT molecular complexity index is 1150. The minimum Gasteiger partial charge on any atom is -0.481 e. The number of alkyl halides is 3. The SMILES string of the molecule is CC1(CN(CCc2c(Cl)cncc2Cl)C(=O)c2cnn([C@H]3CC[C@H](C(=O)O)CC3)c2C(F)(F)F)CCCC1. The summed E-state index contributed by atoms with van der Waals surface area (Å²) < 4.78 is 44.1. The molecule has 2 aromatic heterocycles. The molecule has 0 aromatic carbocycles. The summed E-state index contributed by atoms with van der Waals surface area (Å²) in [4.78, 5) is 30.5. The Labute approximate surface area is 229 Å². The van der Waals surface area contributed by atoms with Crippen molar-refractivity contribution in [3.8, 4) is 0 Å². The standard InChI is InChI=1S/C26H31Cl2F3N4O3/c1-25(9-2-3-10-25)15-34(11-8-18-20(27)13-32-14-21(18)28)23(36)19-12-33-35(22(19)26(29,30)31)17-6-4-16(5-7-17)24(37)38/h12-14,16-17H,2-11,15H2,1H3,(H,37,38)/t16-,17-. The van der Waals surface area contributed by atoms with E-state index in [2.05, 4.69) is 17.0 Å². The van der Waals surface area contributed by atoms with Crippen LogP contribution in [-0.2, 0) is 17.4 Å². The molecule has 2 fully saturated rings. The average molecular weight is 575 g/mol. The van der Waals surface area contributed by atoms with Crippen molar-refractivity contribution in [2.75, 3.05) is 13.1 Å². The first-order chi connectivity index (χ1) is 17.9. The average Bonchev–Trinajstić information content (AvgIpc) is 3.49. The maximum Gasteiger partial charge on any atom is 0.433 e. The molecular weight excluding hydrogens is 544 g/mol. The van der Waals surface area contributed by atoms with E-state index >= 15 is 0 Å². The number of hydrogen-bond acceptors (Lipinski definition) is 4. The number of rotatable bonds is 8. The maximum absolute atomic E-state index is 14.4. The van der Waals surface area contributed by atoms with Gasteiger partial charge >= 0.3 is 12.1 Å². The van der Waals surface area contributed by atoms with Crippen LogP contribution in [0.4, 0.5) is 13.2 Å². The lowest BCUT2D eigenvalue weighted by Gasteiger charge is -2.33. The highest BCUT2D eigenvalue weighted by molar-refractivity contribution is 6.35. The number of halogens is 5. The van der Waals surface area contributed by atoms with Gasteiger partial charge in [0.15, 0.2) is 5.69 Å². The summed E-state index contributed by atoms with van der Waals surface area (Å²) in [6.07, 6.45) is 4.13. The van der Waals surface area contributed by atoms with Crippen LogP contribution in [0.1, 0.15) is 85.9 Å². The Morgan fingerprint density at radius 2 is 1.71 bits per heavy atom. The minimum absolute atomic E-state index is 0.129. The smallest absolute Gasteiger partial charge is 0.433 e. The van der Waals surface area contributed by atoms with Gasteiger partial charge in [-0.2, -0.15) is 18.3 Å². The zero-order chi connectivity index (χ0) is 27.7. The second-order valence-electron chi connectivity index (χ2n) is 10.8. The number of aromatic nitrogens is 3. The molecule has 0 aliphatic heterocycles. The van der Waals surface area contributed by atoms with Crippen LogP contribution in [0.15, 0.2) is 18.6 Å². The first-order valence-corrected chi connectivity index (χ1v) is 13.6. The van der Waals surface area contributed by atoms with Gasteiger partial charge in [0.05, 0.1) is 33.8 Å². The number of carboxylic acid groups (broad SMARTS) is 1. The summed E-state index contributed by atoms with van der Waals surface area (Å²) in [6.45, 7) is 2.49. The predicted octanol–water partition coefficient (Wildman–Crippen LogP) is 6.68. The van der Waals surface area contributed by atoms with Crippen LogP contribution in [0.25, 0.3) is 0 Å². The molecule has 0 atom stereocenters. The second kappa shape index (κ2) is 11.4. The van der Waals surface area contributed by atoms with Gasteiger partial charge in [-0.25, -0.2) is 0 Å². The zero-order valence-electron chi connectivity index (χ0n) is 21.1. The van der Waals surface area contributed by atoms with E-state index in [-0.39, 0.29) is 44.1 Å². The topological polar surface area (TPSA) is 88.3 Å². The fraction of sp³-hybridized carbons (Fsp3) is 0.615. The molecule has 0 unspecified atom stereocenters. The molecule has 2 heterocycles. The number of pyridine rings is 1. The molecule has 208 valence electrons. The summed E-state index contributed by atoms with van der Waals surface area (Å²) in [5.74, 6) is -2.26. The van der Waals surface area contributed by atoms with Crippen LogP contribution >= 0.6 is 23.2 Å². The van der Waals surface area contributed by atoms with Gasteiger partial charge in [0, 0.05) is 25.5 Å². The predicted molar refractivity (Wildman–Crippen MR) is 136 cm³/mol. The molecule has 0 spiro atoms. The van der Waals surface area contributed by atoms with Crippen molar-refractivity contribution in [2.24, 2.45) is 11.3 Å². The highest BCUT2D eigenvalue weighted by atomic mass is 35.5. The number of carboxylic acids is 1. The lowest BCUT2D eigenvalue weighted by molar-refractivity contribution is -0.147. The molecule has 7 nitrogen and oxygen atoms in total. The van der Waals surface area contributed by atoms with Crippen LogP contribution in [0, 0.1) is 11.3 Å². The molecule has 38 heavy (non-hydrogen) atoms. The number of hydrogen-bond donors (Lipinski definition) is 1. The lowest BCUT2D eigenvalue weighted by Crippen LogP contribution is -2.41. The molecule has 0 bridgehead atoms. The van der Waals surface area contributed by atoms with Gasteiger partial charge in [0.2, 0.25) is 0 Å². The Hall–Kier alpha value is -2.33. The number of carbonyl (C=O) groups excluding carboxylic acids is 1. The van der Waals surface area contributed by atoms with Gasteiger partial charge in [-0.05, 0) is 55.9 Å². The molecule has 4 rings (SSSR count). The van der Waals surface area contributed by atoms with Crippen molar-refractivity contribution in [3.63, 3.8) is 0 Å². The largest absolute Gasteiger partial charge is 0.481 e. The number of nitrogens with zero attached hydrogens (tertiary/aromatic N) is 4. The van der Waals surface area contributed by atoms with E-state index in [0.29, 0.717) is 22.2 Å². The summed E-state index contributed by atoms with van der Waals surface area (Å²) >= 11 is 12.5. The van der Waals surface area contributed by atoms with Crippen LogP contribution in [0.2, 0.25) is 10.0 Å². The van der Waals surface area contributed by atoms with Gasteiger partial charge in [0.25, 0.3) is 5.91 Å². The molecular formula is C26H31Cl2F3N4O3. The van der Waals surface area contributed by atoms with Crippen molar-refractivity contribution in [1.82, 2.24) is 19.7 Å². The van der Waals surface area contributed by atoms with Crippen LogP contribution in [0.5, 0.6) is 0 Å². The Morgan fingerprint density at radius 1 is 1.11 bits per heavy atom. The lowest BCUT2D eigenvalue weighted by atomic mass is 9.86. The highest BCUT2D eigenvalue weighted by Gasteiger charge is 2.44. The summed E-state index contributed by atoms with van der Waals surface area (Å²) in [5.41, 5.74) is -1.20. The third kappa shape index (κ3) is 6.28. The number of aliphatic carboxylic acids is 1. The Balaban J connectivity index is 1.64. The molecule has 1 amide bonds. The molecule has 12 heteroatoms. The van der Waals surface area contributed by atoms with Crippen LogP contribution in [-0.4, -0.2) is 49.7 Å². The second-order valence-corrected chi connectivity index (χ2v) is 11.6. The first kappa shape index (κ1) is 28.7. The summed E-state index contributed by atoms with van der Waals surface area (Å²) in [7, 11) is 0. The Kier molecular flexibility index (Phi) is 8.62. The third-order valence-electron chi connectivity index (χ3n) is 7.94. The third-order valence-corrected chi connectivity index (χ3v) is 8.59. The van der Waals surface area contributed by atoms with Crippen molar-refractivity contribution < 1.29 is 27.9 Å². The molecule has 2 saturated carbocycles. The molecule has 2 aliphatic carbocycles. The van der Waals surface area contributed by atoms with E-state index in [9.17, 15) is 27.9 Å². The van der Waals surface area contributed by atoms with Gasteiger partial charge < -0.3 is 10.0 Å². The summed E-state index contributed by atoms with van der Waals surface area (Å²) in [6, 6.07) is -0.626. The van der Waals surface area contributed by atoms with Crippen LogP contribution in [0.3, 0.4) is 0 Å². The molecule has 2 aliphatic rings. The van der Waals surface area contributed by atoms with Gasteiger partial charge in [-0.15, -0.1) is 0 Å². The van der Waals surface area contributed by atoms with Crippen molar-refractivity contribution in [3.05, 3.63) is 45.5 Å². The molecule has 1 N–H and O–H groups in total. The maximum atomic E-state index is 14.4. The normalized spacial score (nSPS) is 21.4. The summed E-state index contributed by atoms with van der Waals surface area (Å²) in [5, 5.41) is 13.9. The van der Waals surface area contributed by atoms with Crippen molar-refractivity contribution in [2.45, 2.75) is 76.9 Å². The molecule has 0 saturated heterocycles. The monoisotopic (exact) mass is 574 g/mol. The number of amides is 1. The van der Waals surface area contributed by atoms with E-state index in [4.69, 9.17) is 23.2 Å². The first-order valence-electron chi connectivity index (χ1n) is 12.8. The van der Waals surface area contributed by atoms with E-state index in [1.165, 1.54) is 17.3 Å². The van der Waals surface area contributed by atoms with E-state index < -0.39 is 41.3 Å².